The van der Waals surface area contributed by atoms with Crippen LogP contribution in [0, 0.1) is 5.92 Å². The lowest BCUT2D eigenvalue weighted by molar-refractivity contribution is -0.139. The molecule has 2 rings (SSSR count). The van der Waals surface area contributed by atoms with E-state index in [-0.39, 0.29) is 17.5 Å². The van der Waals surface area contributed by atoms with Gasteiger partial charge in [-0.3, -0.25) is 9.78 Å². The number of piperazine rings is 1. The maximum atomic E-state index is 12.3. The first kappa shape index (κ1) is 18.6. The summed E-state index contributed by atoms with van der Waals surface area (Å²) in [5.74, 6) is -1.11. The average Bonchev–Trinajstić information content (AvgIpc) is 2.61. The second kappa shape index (κ2) is 8.41. The number of carboxylic acids is 1. The number of hydrogen-bond donors (Lipinski definition) is 2. The number of carbonyl (C=O) groups excluding carboxylic acids is 2. The molecule has 3 amide bonds. The molecule has 0 spiro atoms. The fourth-order valence-electron chi connectivity index (χ4n) is 2.62. The van der Waals surface area contributed by atoms with E-state index in [1.54, 1.807) is 4.90 Å². The Labute approximate surface area is 146 Å². The average molecular weight is 349 g/mol. The fourth-order valence-corrected chi connectivity index (χ4v) is 2.62. The third-order valence-corrected chi connectivity index (χ3v) is 3.94. The predicted molar refractivity (Wildman–Crippen MR) is 88.9 cm³/mol. The molecular formula is C16H23N5O4. The summed E-state index contributed by atoms with van der Waals surface area (Å²) in [5, 5.41) is 11.8. The number of urea groups is 1. The molecule has 1 saturated heterocycles. The van der Waals surface area contributed by atoms with Crippen LogP contribution in [0.25, 0.3) is 0 Å². The number of aliphatic carboxylic acids is 1. The lowest BCUT2D eigenvalue weighted by Gasteiger charge is -2.35. The van der Waals surface area contributed by atoms with Crippen LogP contribution in [-0.2, 0) is 4.79 Å². The molecule has 0 aliphatic carbocycles. The second-order valence-corrected chi connectivity index (χ2v) is 6.34. The van der Waals surface area contributed by atoms with Crippen molar-refractivity contribution in [3.05, 3.63) is 24.3 Å². The van der Waals surface area contributed by atoms with Gasteiger partial charge in [-0.25, -0.2) is 14.6 Å². The number of carbonyl (C=O) groups is 3. The van der Waals surface area contributed by atoms with Crippen molar-refractivity contribution >= 4 is 17.9 Å². The van der Waals surface area contributed by atoms with Gasteiger partial charge < -0.3 is 20.2 Å². The highest BCUT2D eigenvalue weighted by Gasteiger charge is 2.28. The van der Waals surface area contributed by atoms with Crippen molar-refractivity contribution in [2.45, 2.75) is 26.3 Å². The van der Waals surface area contributed by atoms with E-state index in [4.69, 9.17) is 0 Å². The SMILES string of the molecule is CC(C)C[C@H](NC(=O)N1CCN(C(=O)c2cnccn2)CC1)C(=O)O. The molecule has 1 fully saturated rings. The summed E-state index contributed by atoms with van der Waals surface area (Å²) >= 11 is 0. The van der Waals surface area contributed by atoms with Crippen molar-refractivity contribution in [2.24, 2.45) is 5.92 Å². The molecule has 1 aromatic rings. The third-order valence-electron chi connectivity index (χ3n) is 3.94. The Hall–Kier alpha value is -2.71. The molecule has 0 bridgehead atoms. The molecule has 2 heterocycles. The van der Waals surface area contributed by atoms with Crippen molar-refractivity contribution in [3.8, 4) is 0 Å². The number of nitrogens with one attached hydrogen (secondary N) is 1. The van der Waals surface area contributed by atoms with Crippen LogP contribution < -0.4 is 5.32 Å². The summed E-state index contributed by atoms with van der Waals surface area (Å²) < 4.78 is 0. The molecule has 0 saturated carbocycles. The lowest BCUT2D eigenvalue weighted by Crippen LogP contribution is -2.55. The van der Waals surface area contributed by atoms with E-state index in [2.05, 4.69) is 15.3 Å². The summed E-state index contributed by atoms with van der Waals surface area (Å²) in [5.41, 5.74) is 0.267. The van der Waals surface area contributed by atoms with Gasteiger partial charge in [-0.15, -0.1) is 0 Å². The Morgan fingerprint density at radius 2 is 1.80 bits per heavy atom. The van der Waals surface area contributed by atoms with Crippen LogP contribution in [0.3, 0.4) is 0 Å². The van der Waals surface area contributed by atoms with Crippen LogP contribution in [0.5, 0.6) is 0 Å². The van der Waals surface area contributed by atoms with Gasteiger partial charge in [0.15, 0.2) is 0 Å². The van der Waals surface area contributed by atoms with Gasteiger partial charge in [-0.05, 0) is 12.3 Å². The smallest absolute Gasteiger partial charge is 0.326 e. The number of hydrogen-bond acceptors (Lipinski definition) is 5. The van der Waals surface area contributed by atoms with Gasteiger partial charge in [-0.1, -0.05) is 13.8 Å². The highest BCUT2D eigenvalue weighted by molar-refractivity contribution is 5.92. The molecule has 1 aliphatic rings. The summed E-state index contributed by atoms with van der Waals surface area (Å²) in [4.78, 5) is 46.8. The minimum absolute atomic E-state index is 0.155. The monoisotopic (exact) mass is 349 g/mol. The third kappa shape index (κ3) is 5.13. The molecule has 136 valence electrons. The molecule has 0 aromatic carbocycles. The van der Waals surface area contributed by atoms with Gasteiger partial charge in [0.05, 0.1) is 6.20 Å². The number of aromatic nitrogens is 2. The number of nitrogens with zero attached hydrogens (tertiary/aromatic N) is 4. The van der Waals surface area contributed by atoms with Gasteiger partial charge in [0, 0.05) is 38.6 Å². The Morgan fingerprint density at radius 3 is 2.32 bits per heavy atom. The summed E-state index contributed by atoms with van der Waals surface area (Å²) in [6.45, 7) is 5.21. The van der Waals surface area contributed by atoms with E-state index >= 15 is 0 Å². The molecule has 9 nitrogen and oxygen atoms in total. The van der Waals surface area contributed by atoms with Gasteiger partial charge in [0.25, 0.3) is 5.91 Å². The minimum atomic E-state index is -1.04. The minimum Gasteiger partial charge on any atom is -0.480 e. The molecule has 0 unspecified atom stereocenters. The Kier molecular flexibility index (Phi) is 6.26. The Balaban J connectivity index is 1.87. The first-order valence-electron chi connectivity index (χ1n) is 8.22. The van der Waals surface area contributed by atoms with Crippen LogP contribution in [0.15, 0.2) is 18.6 Å². The van der Waals surface area contributed by atoms with Crippen molar-refractivity contribution in [1.29, 1.82) is 0 Å². The second-order valence-electron chi connectivity index (χ2n) is 6.34. The molecule has 1 aliphatic heterocycles. The van der Waals surface area contributed by atoms with Crippen LogP contribution >= 0.6 is 0 Å². The highest BCUT2D eigenvalue weighted by atomic mass is 16.4. The van der Waals surface area contributed by atoms with Crippen LogP contribution in [0.2, 0.25) is 0 Å². The number of amides is 3. The standard InChI is InChI=1S/C16H23N5O4/c1-11(2)9-12(15(23)24)19-16(25)21-7-5-20(6-8-21)14(22)13-10-17-3-4-18-13/h3-4,10-12H,5-9H2,1-2H3,(H,19,25)(H,23,24)/t12-/m0/s1. The van der Waals surface area contributed by atoms with E-state index < -0.39 is 18.0 Å². The molecule has 2 N–H and O–H groups in total. The van der Waals surface area contributed by atoms with Crippen LogP contribution in [-0.4, -0.2) is 75.0 Å². The van der Waals surface area contributed by atoms with E-state index in [1.165, 1.54) is 23.5 Å². The first-order valence-corrected chi connectivity index (χ1v) is 8.22. The maximum absolute atomic E-state index is 12.3. The van der Waals surface area contributed by atoms with Gasteiger partial charge in [0.1, 0.15) is 11.7 Å². The first-order chi connectivity index (χ1) is 11.9. The van der Waals surface area contributed by atoms with Gasteiger partial charge in [0.2, 0.25) is 0 Å². The molecule has 1 atom stereocenters. The predicted octanol–water partition coefficient (Wildman–Crippen LogP) is 0.443. The quantitative estimate of drug-likeness (QED) is 0.797. The maximum Gasteiger partial charge on any atom is 0.326 e. The van der Waals surface area contributed by atoms with E-state index in [9.17, 15) is 19.5 Å². The molecule has 1 aromatic heterocycles. The van der Waals surface area contributed by atoms with Crippen LogP contribution in [0.1, 0.15) is 30.8 Å². The normalized spacial score (nSPS) is 15.8. The largest absolute Gasteiger partial charge is 0.480 e. The molecule has 9 heteroatoms. The van der Waals surface area contributed by atoms with E-state index in [1.807, 2.05) is 13.8 Å². The van der Waals surface area contributed by atoms with Crippen molar-refractivity contribution in [3.63, 3.8) is 0 Å². The van der Waals surface area contributed by atoms with Crippen molar-refractivity contribution < 1.29 is 19.5 Å². The summed E-state index contributed by atoms with van der Waals surface area (Å²) in [6.07, 6.45) is 4.73. The highest BCUT2D eigenvalue weighted by Crippen LogP contribution is 2.09. The Morgan fingerprint density at radius 1 is 1.16 bits per heavy atom. The zero-order valence-corrected chi connectivity index (χ0v) is 14.4. The topological polar surface area (TPSA) is 116 Å². The fraction of sp³-hybridized carbons (Fsp3) is 0.562. The van der Waals surface area contributed by atoms with Crippen LogP contribution in [0.4, 0.5) is 4.79 Å². The van der Waals surface area contributed by atoms with E-state index in [0.717, 1.165) is 0 Å². The molecule has 25 heavy (non-hydrogen) atoms. The van der Waals surface area contributed by atoms with Crippen molar-refractivity contribution in [2.75, 3.05) is 26.2 Å². The van der Waals surface area contributed by atoms with E-state index in [0.29, 0.717) is 32.6 Å². The lowest BCUT2D eigenvalue weighted by atomic mass is 10.0. The number of carboxylic acid groups (broad SMARTS) is 1. The number of rotatable bonds is 5. The molecular weight excluding hydrogens is 326 g/mol. The molecule has 0 radical (unpaired) electrons. The zero-order chi connectivity index (χ0) is 18.4. The Bertz CT molecular complexity index is 614. The van der Waals surface area contributed by atoms with Gasteiger partial charge in [-0.2, -0.15) is 0 Å². The van der Waals surface area contributed by atoms with Gasteiger partial charge >= 0.3 is 12.0 Å². The van der Waals surface area contributed by atoms with Crippen molar-refractivity contribution in [1.82, 2.24) is 25.1 Å². The summed E-state index contributed by atoms with van der Waals surface area (Å²) in [6, 6.07) is -1.33. The summed E-state index contributed by atoms with van der Waals surface area (Å²) in [7, 11) is 0. The zero-order valence-electron chi connectivity index (χ0n) is 14.4.